The first-order valence-electron chi connectivity index (χ1n) is 46.8. The molecule has 6 N–H and O–H groups in total. The van der Waals surface area contributed by atoms with Crippen LogP contribution in [-0.2, 0) is 61.0 Å². The summed E-state index contributed by atoms with van der Waals surface area (Å²) in [4.78, 5) is 149. The standard InChI is InChI=1S/C53H53F2N9O7.C48H48F2N6O6.C2H6/c1-70-40-7-2-32(3-8-40)31-63(38-5-9-41-43(29-38)53(69)64(52(41)68)47-12-13-48(65)57-51(47)67)21-18-61-16-19-62(20-17-61)39-6-10-42(46(30-39)56-37-14-22-71-23-15-37)50(66)58-49-44-27-33(4-11-45(44)59-60-49)24-34-25-35(54)28-36(55)26-34;49-33-21-31(22-34(50)25-33)20-30-3-5-32-28-51-45(40(32)24-30)53-46(59)39-9-6-36(26-42(39)52-35-11-18-62-19-12-35)55-16-14-54(15-17-55)13-1-2-29-4-8-38-41(23-29)48(61)56(47(38)60)43-10-7-37(57)27-44(43)58;1-2/h2-11,25-30,37,47,56H,12-24,31H2,1H3,(H,57,65,67)(H2,58,59,60,66);3-6,8-9,21-26,35,43,52H,1-2,7,10-20,27-28H2,(H,51,53,59);1-2H3/i;;1D. The molecule has 0 bridgehead atoms. The molecule has 2 atom stereocenters. The number of ether oxygens (including phenoxy) is 3. The highest BCUT2D eigenvalue weighted by Crippen LogP contribution is 2.37. The minimum absolute atomic E-state index is 0.0432. The van der Waals surface area contributed by atoms with E-state index in [4.69, 9.17) is 15.6 Å². The number of Topliss-reactive ketones (excluding diaryl/α,β-unsaturated/α-hetero) is 2. The quantitative estimate of drug-likeness (QED) is 0.0167. The molecule has 8 aliphatic heterocycles. The van der Waals surface area contributed by atoms with Crippen LogP contribution in [0.2, 0.25) is 0 Å². The van der Waals surface area contributed by atoms with Crippen molar-refractivity contribution >= 4 is 110 Å². The monoisotopic (exact) mass is 1840 g/mol. The number of imide groups is 3. The number of aryl methyl sites for hydroxylation is 1. The Hall–Kier alpha value is -13.8. The number of carbonyl (C=O) groups excluding carboxylic acids is 10. The van der Waals surface area contributed by atoms with E-state index in [1.165, 1.54) is 24.3 Å². The first-order chi connectivity index (χ1) is 65.9. The zero-order valence-corrected chi connectivity index (χ0v) is 75.2. The molecular weight excluding hydrogens is 1730 g/mol. The normalized spacial score (nSPS) is 18.4. The molecule has 1 aromatic heterocycles. The second-order valence-corrected chi connectivity index (χ2v) is 35.3. The van der Waals surface area contributed by atoms with Crippen molar-refractivity contribution in [2.24, 2.45) is 4.99 Å². The lowest BCUT2D eigenvalue weighted by Crippen LogP contribution is -2.54. The molecule has 28 nitrogen and oxygen atoms in total. The Balaban J connectivity index is 0.000000185. The van der Waals surface area contributed by atoms with Crippen LogP contribution in [0, 0.1) is 23.3 Å². The van der Waals surface area contributed by atoms with Gasteiger partial charge in [0.15, 0.2) is 11.6 Å². The van der Waals surface area contributed by atoms with E-state index in [9.17, 15) is 65.5 Å². The summed E-state index contributed by atoms with van der Waals surface area (Å²) in [7, 11) is 1.62. The Morgan fingerprint density at radius 3 is 1.63 bits per heavy atom. The van der Waals surface area contributed by atoms with Gasteiger partial charge in [-0.05, 0) is 231 Å². The largest absolute Gasteiger partial charge is 0.497 e. The Labute approximate surface area is 779 Å². The van der Waals surface area contributed by atoms with Gasteiger partial charge < -0.3 is 50.2 Å². The highest BCUT2D eigenvalue weighted by atomic mass is 19.1. The predicted molar refractivity (Wildman–Crippen MR) is 503 cm³/mol. The van der Waals surface area contributed by atoms with Crippen molar-refractivity contribution in [2.75, 3.05) is 136 Å². The molecule has 135 heavy (non-hydrogen) atoms. The number of methoxy groups -OCH3 is 1. The van der Waals surface area contributed by atoms with Gasteiger partial charge in [-0.1, -0.05) is 50.2 Å². The van der Waals surface area contributed by atoms with E-state index in [0.29, 0.717) is 134 Å². The van der Waals surface area contributed by atoms with Gasteiger partial charge in [0.2, 0.25) is 11.8 Å². The number of hydrogen-bond donors (Lipinski definition) is 6. The fourth-order valence-electron chi connectivity index (χ4n) is 19.2. The fraction of sp³-hybridized carbons (Fsp3) is 0.359. The highest BCUT2D eigenvalue weighted by Gasteiger charge is 2.47. The molecule has 10 aromatic rings. The van der Waals surface area contributed by atoms with E-state index in [-0.39, 0.29) is 78.7 Å². The highest BCUT2D eigenvalue weighted by molar-refractivity contribution is 6.25. The maximum absolute atomic E-state index is 14.2. The number of piperazine rings is 2. The number of amides is 8. The van der Waals surface area contributed by atoms with E-state index in [1.54, 1.807) is 38.3 Å². The van der Waals surface area contributed by atoms with Crippen LogP contribution in [0.25, 0.3) is 10.9 Å². The van der Waals surface area contributed by atoms with Gasteiger partial charge in [0.05, 0.1) is 65.0 Å². The Morgan fingerprint density at radius 2 is 1.04 bits per heavy atom. The fourth-order valence-corrected chi connectivity index (χ4v) is 19.2. The number of fused-ring (bicyclic) bond motifs is 4. The predicted octanol–water partition coefficient (Wildman–Crippen LogP) is 13.4. The SMILES string of the molecule is COc1ccc(CN(CCN2CCN(c3ccc(C(=O)Nc4n[nH]c5ccc(Cc6cc(F)cc(F)c6)cc45)c(NC4CCOCC4)c3)CC2)c2ccc3c(c2)C(=O)N(C2CCC(=O)NC2=O)C3=O)cc1.O=C1CCC(N2C(=O)c3ccc(CCCN4CCN(c5ccc(C(=O)NC6=NCc7ccc(Cc8cc(F)cc(F)c8)cc76)c(NC6CCOCC6)c5)CC4)cc3C2=O)C(=O)C1.[2H]CC. The second-order valence-electron chi connectivity index (χ2n) is 35.3. The van der Waals surface area contributed by atoms with Gasteiger partial charge in [-0.3, -0.25) is 83.0 Å². The van der Waals surface area contributed by atoms with Crippen LogP contribution >= 0.6 is 0 Å². The van der Waals surface area contributed by atoms with Crippen molar-refractivity contribution < 1.29 is 81.1 Å². The molecule has 1 saturated carbocycles. The smallest absolute Gasteiger partial charge is 0.262 e. The van der Waals surface area contributed by atoms with Gasteiger partial charge in [-0.2, -0.15) is 5.10 Å². The van der Waals surface area contributed by atoms with Crippen molar-refractivity contribution in [2.45, 2.75) is 135 Å². The lowest BCUT2D eigenvalue weighted by Gasteiger charge is -2.37. The van der Waals surface area contributed by atoms with Crippen LogP contribution in [-0.4, -0.2) is 224 Å². The molecular formula is C103H107F4N15O13. The molecule has 6 fully saturated rings. The van der Waals surface area contributed by atoms with E-state index in [0.717, 1.165) is 181 Å². The third-order valence-electron chi connectivity index (χ3n) is 26.4. The number of aliphatic imine (C=N–C) groups is 1. The van der Waals surface area contributed by atoms with E-state index < -0.39 is 70.8 Å². The molecule has 5 saturated heterocycles. The average molecular weight is 1840 g/mol. The van der Waals surface area contributed by atoms with Crippen molar-refractivity contribution in [1.82, 2.24) is 40.4 Å². The number of benzene rings is 9. The van der Waals surface area contributed by atoms with Gasteiger partial charge in [0.1, 0.15) is 46.7 Å². The molecule has 2 unspecified atom stereocenters. The topological polar surface area (TPSA) is 322 Å². The van der Waals surface area contributed by atoms with Crippen molar-refractivity contribution in [3.63, 3.8) is 0 Å². The number of aromatic amines is 1. The van der Waals surface area contributed by atoms with Crippen LogP contribution in [0.5, 0.6) is 5.75 Å². The lowest BCUT2D eigenvalue weighted by atomic mass is 9.92. The first-order valence-corrected chi connectivity index (χ1v) is 46.1. The first kappa shape index (κ1) is 91.7. The number of carbonyl (C=O) groups is 10. The number of ketones is 2. The second kappa shape index (κ2) is 41.8. The molecule has 8 amide bonds. The Bertz CT molecular complexity index is 6250. The number of anilines is 6. The summed E-state index contributed by atoms with van der Waals surface area (Å²) in [5.41, 5.74) is 13.3. The van der Waals surface area contributed by atoms with Crippen LogP contribution in [0.4, 0.5) is 51.8 Å². The summed E-state index contributed by atoms with van der Waals surface area (Å²) in [5, 5.41) is 23.7. The number of halogens is 4. The van der Waals surface area contributed by atoms with Gasteiger partial charge in [-0.15, -0.1) is 0 Å². The number of hydrogen-bond acceptors (Lipinski definition) is 22. The van der Waals surface area contributed by atoms with Crippen molar-refractivity contribution in [3.05, 3.63) is 271 Å². The Morgan fingerprint density at radius 1 is 0.526 bits per heavy atom. The van der Waals surface area contributed by atoms with Gasteiger partial charge in [-0.25, -0.2) is 17.6 Å². The molecule has 0 radical (unpaired) electrons. The van der Waals surface area contributed by atoms with Crippen LogP contribution in [0.1, 0.15) is 186 Å². The van der Waals surface area contributed by atoms with Crippen molar-refractivity contribution in [1.29, 1.82) is 0 Å². The molecule has 0 spiro atoms. The number of rotatable bonds is 26. The summed E-state index contributed by atoms with van der Waals surface area (Å²) in [6.45, 7) is 14.2. The van der Waals surface area contributed by atoms with Crippen LogP contribution in [0.3, 0.4) is 0 Å². The number of nitrogens with one attached hydrogen (secondary N) is 6. The summed E-state index contributed by atoms with van der Waals surface area (Å²) >= 11 is 0. The van der Waals surface area contributed by atoms with Gasteiger partial charge in [0, 0.05) is 176 Å². The maximum Gasteiger partial charge on any atom is 0.262 e. The lowest BCUT2D eigenvalue weighted by molar-refractivity contribution is -0.136. The number of amidine groups is 1. The van der Waals surface area contributed by atoms with Gasteiger partial charge in [0.25, 0.3) is 35.4 Å². The van der Waals surface area contributed by atoms with Crippen molar-refractivity contribution in [3.8, 4) is 5.75 Å². The molecule has 1 aliphatic carbocycles. The number of aromatic nitrogens is 2. The minimum atomic E-state index is -1.05. The molecule has 19 rings (SSSR count). The molecule has 9 aliphatic rings. The summed E-state index contributed by atoms with van der Waals surface area (Å²) in [5.74, 6) is -5.25. The van der Waals surface area contributed by atoms with Gasteiger partial charge >= 0.3 is 0 Å². The molecule has 32 heteroatoms. The molecule has 9 aromatic carbocycles. The minimum Gasteiger partial charge on any atom is -0.497 e. The third kappa shape index (κ3) is 21.5. The number of piperidine rings is 1. The summed E-state index contributed by atoms with van der Waals surface area (Å²) < 4.78 is 78.5. The van der Waals surface area contributed by atoms with Crippen LogP contribution in [0.15, 0.2) is 175 Å². The summed E-state index contributed by atoms with van der Waals surface area (Å²) in [6.07, 6.45) is 5.71. The van der Waals surface area contributed by atoms with E-state index >= 15 is 0 Å². The van der Waals surface area contributed by atoms with E-state index in [1.807, 2.05) is 103 Å². The molecule has 9 heterocycles. The molecule has 700 valence electrons. The zero-order valence-electron chi connectivity index (χ0n) is 76.2. The Kier molecular flexibility index (Phi) is 28.4. The maximum atomic E-state index is 14.2. The van der Waals surface area contributed by atoms with Crippen LogP contribution < -0.4 is 46.0 Å². The third-order valence-corrected chi connectivity index (χ3v) is 26.4. The number of nitrogens with zero attached hydrogens (tertiary/aromatic N) is 9. The van der Waals surface area contributed by atoms with E-state index in [2.05, 4.69) is 72.3 Å². The zero-order chi connectivity index (χ0) is 94.8. The number of H-pyrrole nitrogens is 1. The summed E-state index contributed by atoms with van der Waals surface area (Å²) in [6, 6.07) is 46.7. The average Bonchev–Trinajstić information content (AvgIpc) is 1.61.